The molecule has 2 heterocycles. The van der Waals surface area contributed by atoms with Crippen molar-refractivity contribution in [2.75, 3.05) is 27.2 Å². The number of hydrogen-bond donors (Lipinski definition) is 1. The standard InChI is InChI=1S/C19H22N4O2/c1-14-9-10-17(25-14)18-16(19(24)22(3)12-11-20-2)13-23(21-18)15-7-5-4-6-8-15/h4-10,13,20H,11-12H2,1-3H3. The fraction of sp³-hybridized carbons (Fsp3) is 0.263. The molecule has 25 heavy (non-hydrogen) atoms. The lowest BCUT2D eigenvalue weighted by Crippen LogP contribution is -2.32. The van der Waals surface area contributed by atoms with Crippen LogP contribution < -0.4 is 5.32 Å². The van der Waals surface area contributed by atoms with Crippen LogP contribution in [0, 0.1) is 6.92 Å². The molecule has 0 atom stereocenters. The maximum absolute atomic E-state index is 12.9. The molecule has 1 amide bonds. The molecule has 3 rings (SSSR count). The van der Waals surface area contributed by atoms with Crippen molar-refractivity contribution < 1.29 is 9.21 Å². The summed E-state index contributed by atoms with van der Waals surface area (Å²) in [5.74, 6) is 1.30. The van der Waals surface area contributed by atoms with Crippen LogP contribution in [0.1, 0.15) is 16.1 Å². The smallest absolute Gasteiger partial charge is 0.257 e. The Balaban J connectivity index is 2.03. The Labute approximate surface area is 147 Å². The molecular formula is C19H22N4O2. The van der Waals surface area contributed by atoms with Crippen LogP contribution >= 0.6 is 0 Å². The number of rotatable bonds is 6. The van der Waals surface area contributed by atoms with Gasteiger partial charge in [0.1, 0.15) is 11.5 Å². The van der Waals surface area contributed by atoms with Gasteiger partial charge in [-0.3, -0.25) is 4.79 Å². The van der Waals surface area contributed by atoms with Gasteiger partial charge in [0.05, 0.1) is 11.3 Å². The number of amides is 1. The van der Waals surface area contributed by atoms with Crippen molar-refractivity contribution in [1.82, 2.24) is 20.0 Å². The van der Waals surface area contributed by atoms with Crippen molar-refractivity contribution in [3.8, 4) is 17.1 Å². The minimum Gasteiger partial charge on any atom is -0.460 e. The highest BCUT2D eigenvalue weighted by atomic mass is 16.3. The zero-order valence-corrected chi connectivity index (χ0v) is 14.7. The second-order valence-corrected chi connectivity index (χ2v) is 5.91. The van der Waals surface area contributed by atoms with Crippen LogP contribution in [0.15, 0.2) is 53.1 Å². The summed E-state index contributed by atoms with van der Waals surface area (Å²) < 4.78 is 7.43. The minimum absolute atomic E-state index is 0.0820. The van der Waals surface area contributed by atoms with Crippen LogP contribution in [-0.4, -0.2) is 47.8 Å². The molecule has 1 aromatic carbocycles. The van der Waals surface area contributed by atoms with Crippen LogP contribution in [0.2, 0.25) is 0 Å². The van der Waals surface area contributed by atoms with Gasteiger partial charge in [0.25, 0.3) is 5.91 Å². The first kappa shape index (κ1) is 17.0. The summed E-state index contributed by atoms with van der Waals surface area (Å²) in [7, 11) is 3.65. The average molecular weight is 338 g/mol. The van der Waals surface area contributed by atoms with E-state index in [1.807, 2.05) is 56.4 Å². The Bertz CT molecular complexity index is 851. The molecule has 0 radical (unpaired) electrons. The lowest BCUT2D eigenvalue weighted by atomic mass is 10.2. The van der Waals surface area contributed by atoms with Crippen molar-refractivity contribution in [3.63, 3.8) is 0 Å². The molecule has 0 aliphatic rings. The van der Waals surface area contributed by atoms with Gasteiger partial charge >= 0.3 is 0 Å². The average Bonchev–Trinajstić information content (AvgIpc) is 3.26. The minimum atomic E-state index is -0.0820. The van der Waals surface area contributed by atoms with Gasteiger partial charge in [0.15, 0.2) is 5.76 Å². The normalized spacial score (nSPS) is 10.8. The van der Waals surface area contributed by atoms with Crippen molar-refractivity contribution in [1.29, 1.82) is 0 Å². The Morgan fingerprint density at radius 1 is 1.24 bits per heavy atom. The van der Waals surface area contributed by atoms with Gasteiger partial charge in [-0.25, -0.2) is 4.68 Å². The lowest BCUT2D eigenvalue weighted by molar-refractivity contribution is 0.0797. The maximum Gasteiger partial charge on any atom is 0.257 e. The van der Waals surface area contributed by atoms with E-state index in [0.29, 0.717) is 23.6 Å². The number of hydrogen-bond acceptors (Lipinski definition) is 4. The first-order chi connectivity index (χ1) is 12.1. The summed E-state index contributed by atoms with van der Waals surface area (Å²) in [5.41, 5.74) is 1.97. The Kier molecular flexibility index (Phi) is 5.00. The molecule has 6 heteroatoms. The molecule has 0 spiro atoms. The quantitative estimate of drug-likeness (QED) is 0.751. The van der Waals surface area contributed by atoms with Gasteiger partial charge in [-0.15, -0.1) is 0 Å². The number of carbonyl (C=O) groups excluding carboxylic acids is 1. The first-order valence-electron chi connectivity index (χ1n) is 8.22. The molecule has 130 valence electrons. The van der Waals surface area contributed by atoms with Gasteiger partial charge in [0, 0.05) is 26.3 Å². The summed E-state index contributed by atoms with van der Waals surface area (Å²) in [4.78, 5) is 14.6. The van der Waals surface area contributed by atoms with E-state index in [2.05, 4.69) is 10.4 Å². The number of likely N-dealkylation sites (N-methyl/N-ethyl adjacent to an activating group) is 2. The van der Waals surface area contributed by atoms with E-state index in [1.54, 1.807) is 22.8 Å². The molecule has 0 saturated heterocycles. The van der Waals surface area contributed by atoms with Gasteiger partial charge in [-0.1, -0.05) is 18.2 Å². The zero-order chi connectivity index (χ0) is 17.8. The number of aromatic nitrogens is 2. The number of aryl methyl sites for hydroxylation is 1. The molecule has 0 aliphatic heterocycles. The second kappa shape index (κ2) is 7.36. The monoisotopic (exact) mass is 338 g/mol. The van der Waals surface area contributed by atoms with E-state index in [-0.39, 0.29) is 5.91 Å². The molecule has 0 unspecified atom stereocenters. The van der Waals surface area contributed by atoms with Gasteiger partial charge in [-0.2, -0.15) is 5.10 Å². The fourth-order valence-electron chi connectivity index (χ4n) is 2.57. The van der Waals surface area contributed by atoms with E-state index in [9.17, 15) is 4.79 Å². The first-order valence-corrected chi connectivity index (χ1v) is 8.22. The van der Waals surface area contributed by atoms with E-state index in [0.717, 1.165) is 18.0 Å². The lowest BCUT2D eigenvalue weighted by Gasteiger charge is -2.16. The maximum atomic E-state index is 12.9. The molecule has 6 nitrogen and oxygen atoms in total. The number of nitrogens with one attached hydrogen (secondary N) is 1. The molecule has 3 aromatic rings. The number of para-hydroxylation sites is 1. The molecule has 0 fully saturated rings. The SMILES string of the molecule is CNCCN(C)C(=O)c1cn(-c2ccccc2)nc1-c1ccc(C)o1. The predicted octanol–water partition coefficient (Wildman–Crippen LogP) is 2.73. The van der Waals surface area contributed by atoms with E-state index in [1.165, 1.54) is 0 Å². The van der Waals surface area contributed by atoms with Crippen molar-refractivity contribution in [2.45, 2.75) is 6.92 Å². The second-order valence-electron chi connectivity index (χ2n) is 5.91. The van der Waals surface area contributed by atoms with Crippen LogP contribution in [0.5, 0.6) is 0 Å². The van der Waals surface area contributed by atoms with Crippen molar-refractivity contribution in [2.24, 2.45) is 0 Å². The molecule has 0 aliphatic carbocycles. The fourth-order valence-corrected chi connectivity index (χ4v) is 2.57. The molecule has 0 bridgehead atoms. The third-order valence-electron chi connectivity index (χ3n) is 3.98. The third kappa shape index (κ3) is 3.64. The van der Waals surface area contributed by atoms with Crippen LogP contribution in [0.4, 0.5) is 0 Å². The predicted molar refractivity (Wildman–Crippen MR) is 96.9 cm³/mol. The zero-order valence-electron chi connectivity index (χ0n) is 14.7. The van der Waals surface area contributed by atoms with Crippen molar-refractivity contribution in [3.05, 3.63) is 60.0 Å². The Morgan fingerprint density at radius 2 is 2.00 bits per heavy atom. The number of benzene rings is 1. The Morgan fingerprint density at radius 3 is 2.64 bits per heavy atom. The van der Waals surface area contributed by atoms with Crippen molar-refractivity contribution >= 4 is 5.91 Å². The number of carbonyl (C=O) groups is 1. The molecule has 0 saturated carbocycles. The van der Waals surface area contributed by atoms with E-state index < -0.39 is 0 Å². The van der Waals surface area contributed by atoms with Crippen LogP contribution in [-0.2, 0) is 0 Å². The van der Waals surface area contributed by atoms with Gasteiger partial charge < -0.3 is 14.6 Å². The largest absolute Gasteiger partial charge is 0.460 e. The number of nitrogens with zero attached hydrogens (tertiary/aromatic N) is 3. The summed E-state index contributed by atoms with van der Waals surface area (Å²) in [6, 6.07) is 13.4. The highest BCUT2D eigenvalue weighted by Crippen LogP contribution is 2.26. The number of furan rings is 1. The molecular weight excluding hydrogens is 316 g/mol. The highest BCUT2D eigenvalue weighted by Gasteiger charge is 2.23. The summed E-state index contributed by atoms with van der Waals surface area (Å²) in [5, 5.41) is 7.66. The molecule has 2 aromatic heterocycles. The molecule has 1 N–H and O–H groups in total. The summed E-state index contributed by atoms with van der Waals surface area (Å²) in [6.45, 7) is 3.21. The van der Waals surface area contributed by atoms with Gasteiger partial charge in [-0.05, 0) is 38.2 Å². The summed E-state index contributed by atoms with van der Waals surface area (Å²) >= 11 is 0. The Hall–Kier alpha value is -2.86. The van der Waals surface area contributed by atoms with Gasteiger partial charge in [0.2, 0.25) is 0 Å². The highest BCUT2D eigenvalue weighted by molar-refractivity contribution is 5.99. The summed E-state index contributed by atoms with van der Waals surface area (Å²) in [6.07, 6.45) is 1.76. The van der Waals surface area contributed by atoms with Crippen LogP contribution in [0.25, 0.3) is 17.1 Å². The van der Waals surface area contributed by atoms with E-state index >= 15 is 0 Å². The topological polar surface area (TPSA) is 63.3 Å². The van der Waals surface area contributed by atoms with Crippen LogP contribution in [0.3, 0.4) is 0 Å². The third-order valence-corrected chi connectivity index (χ3v) is 3.98. The van der Waals surface area contributed by atoms with E-state index in [4.69, 9.17) is 4.42 Å².